The molecule has 1 amide bonds. The second-order valence-corrected chi connectivity index (χ2v) is 6.88. The van der Waals surface area contributed by atoms with Crippen LogP contribution in [0.4, 0.5) is 11.4 Å². The smallest absolute Gasteiger partial charge is 0.251 e. The minimum Gasteiger partial charge on any atom is -0.497 e. The Morgan fingerprint density at radius 1 is 0.897 bits per heavy atom. The van der Waals surface area contributed by atoms with E-state index < -0.39 is 6.04 Å². The van der Waals surface area contributed by atoms with E-state index in [1.165, 1.54) is 0 Å². The topological polar surface area (TPSA) is 62.4 Å². The summed E-state index contributed by atoms with van der Waals surface area (Å²) < 4.78 is 5.17. The van der Waals surface area contributed by atoms with E-state index in [9.17, 15) is 4.79 Å². The Labute approximate surface area is 176 Å². The van der Waals surface area contributed by atoms with Crippen molar-refractivity contribution in [3.8, 4) is 5.75 Å². The summed E-state index contributed by atoms with van der Waals surface area (Å²) in [5.41, 5.74) is 3.38. The Balaban J connectivity index is 1.75. The lowest BCUT2D eigenvalue weighted by Crippen LogP contribution is -2.39. The molecule has 3 N–H and O–H groups in total. The summed E-state index contributed by atoms with van der Waals surface area (Å²) >= 11 is 5.45. The third kappa shape index (κ3) is 5.56. The summed E-state index contributed by atoms with van der Waals surface area (Å²) in [6, 6.07) is 23.9. The Kier molecular flexibility index (Phi) is 6.81. The fraction of sp³-hybridized carbons (Fsp3) is 0.130. The number of aryl methyl sites for hydroxylation is 1. The highest BCUT2D eigenvalue weighted by Crippen LogP contribution is 2.20. The normalized spacial score (nSPS) is 11.2. The Bertz CT molecular complexity index is 975. The molecule has 0 saturated heterocycles. The van der Waals surface area contributed by atoms with Gasteiger partial charge in [0.25, 0.3) is 5.91 Å². The molecule has 0 saturated carbocycles. The monoisotopic (exact) mass is 405 g/mol. The molecule has 0 aliphatic rings. The lowest BCUT2D eigenvalue weighted by Gasteiger charge is -2.21. The molecule has 0 radical (unpaired) electrons. The fourth-order valence-electron chi connectivity index (χ4n) is 2.84. The van der Waals surface area contributed by atoms with E-state index in [-0.39, 0.29) is 5.91 Å². The quantitative estimate of drug-likeness (QED) is 0.520. The van der Waals surface area contributed by atoms with Gasteiger partial charge in [-0.3, -0.25) is 4.79 Å². The number of carbonyl (C=O) groups is 1. The molecular formula is C23H23N3O2S. The zero-order valence-electron chi connectivity index (χ0n) is 16.3. The van der Waals surface area contributed by atoms with Crippen LogP contribution >= 0.6 is 12.2 Å². The molecule has 0 aromatic heterocycles. The van der Waals surface area contributed by atoms with Crippen LogP contribution < -0.4 is 20.7 Å². The van der Waals surface area contributed by atoms with Crippen LogP contribution in [-0.2, 0) is 4.79 Å². The van der Waals surface area contributed by atoms with Gasteiger partial charge in [0.1, 0.15) is 11.8 Å². The van der Waals surface area contributed by atoms with Crippen molar-refractivity contribution in [1.29, 1.82) is 0 Å². The van der Waals surface area contributed by atoms with Gasteiger partial charge in [-0.2, -0.15) is 0 Å². The predicted octanol–water partition coefficient (Wildman–Crippen LogP) is 4.67. The van der Waals surface area contributed by atoms with Crippen LogP contribution in [0.3, 0.4) is 0 Å². The lowest BCUT2D eigenvalue weighted by molar-refractivity contribution is -0.117. The van der Waals surface area contributed by atoms with E-state index in [0.717, 1.165) is 28.3 Å². The first-order chi connectivity index (χ1) is 14.1. The van der Waals surface area contributed by atoms with Crippen molar-refractivity contribution in [2.75, 3.05) is 17.7 Å². The van der Waals surface area contributed by atoms with Crippen molar-refractivity contribution >= 4 is 34.6 Å². The molecule has 6 heteroatoms. The molecule has 0 heterocycles. The molecule has 29 heavy (non-hydrogen) atoms. The van der Waals surface area contributed by atoms with Gasteiger partial charge in [0.05, 0.1) is 7.11 Å². The van der Waals surface area contributed by atoms with E-state index in [1.807, 2.05) is 85.8 Å². The molecule has 1 unspecified atom stereocenters. The molecule has 3 rings (SSSR count). The van der Waals surface area contributed by atoms with Crippen molar-refractivity contribution in [1.82, 2.24) is 5.32 Å². The number of para-hydroxylation sites is 1. The summed E-state index contributed by atoms with van der Waals surface area (Å²) in [5, 5.41) is 9.57. The van der Waals surface area contributed by atoms with E-state index in [2.05, 4.69) is 16.0 Å². The fourth-order valence-corrected chi connectivity index (χ4v) is 3.07. The molecule has 0 aliphatic carbocycles. The number of benzene rings is 3. The largest absolute Gasteiger partial charge is 0.497 e. The van der Waals surface area contributed by atoms with Crippen molar-refractivity contribution in [2.45, 2.75) is 13.0 Å². The first-order valence-corrected chi connectivity index (χ1v) is 9.60. The number of thiocarbonyl (C=S) groups is 1. The highest BCUT2D eigenvalue weighted by Gasteiger charge is 2.22. The number of carbonyl (C=O) groups excluding carboxylic acids is 1. The van der Waals surface area contributed by atoms with Gasteiger partial charge in [-0.1, -0.05) is 48.5 Å². The van der Waals surface area contributed by atoms with Crippen LogP contribution in [0.2, 0.25) is 0 Å². The van der Waals surface area contributed by atoms with Crippen molar-refractivity contribution in [2.24, 2.45) is 0 Å². The number of rotatable bonds is 6. The maximum atomic E-state index is 13.1. The molecule has 5 nitrogen and oxygen atoms in total. The molecule has 1 atom stereocenters. The van der Waals surface area contributed by atoms with Crippen LogP contribution in [-0.4, -0.2) is 18.1 Å². The average Bonchev–Trinajstić information content (AvgIpc) is 2.75. The highest BCUT2D eigenvalue weighted by molar-refractivity contribution is 7.80. The van der Waals surface area contributed by atoms with Crippen LogP contribution in [0.1, 0.15) is 17.2 Å². The number of hydrogen-bond donors (Lipinski definition) is 3. The number of anilines is 2. The number of amides is 1. The van der Waals surface area contributed by atoms with Gasteiger partial charge in [0, 0.05) is 11.4 Å². The van der Waals surface area contributed by atoms with Gasteiger partial charge in [0.2, 0.25) is 0 Å². The van der Waals surface area contributed by atoms with Crippen LogP contribution in [0.5, 0.6) is 5.75 Å². The summed E-state index contributed by atoms with van der Waals surface area (Å²) in [6.07, 6.45) is 0. The maximum absolute atomic E-state index is 13.1. The van der Waals surface area contributed by atoms with Gasteiger partial charge in [-0.15, -0.1) is 0 Å². The van der Waals surface area contributed by atoms with E-state index in [1.54, 1.807) is 7.11 Å². The van der Waals surface area contributed by atoms with Gasteiger partial charge in [-0.25, -0.2) is 0 Å². The third-order valence-electron chi connectivity index (χ3n) is 4.42. The molecule has 3 aromatic rings. The molecule has 0 bridgehead atoms. The standard InChI is InChI=1S/C23H23N3O2S/c1-16-8-6-7-11-20(16)25-22(27)21(17-9-4-3-5-10-17)26-23(29)24-18-12-14-19(28-2)15-13-18/h3-15,21H,1-2H3,(H,25,27)(H2,24,26,29). The Hall–Kier alpha value is -3.38. The molecule has 3 aromatic carbocycles. The van der Waals surface area contributed by atoms with Crippen LogP contribution in [0.25, 0.3) is 0 Å². The number of ether oxygens (including phenoxy) is 1. The van der Waals surface area contributed by atoms with Crippen molar-refractivity contribution in [3.05, 3.63) is 90.0 Å². The molecule has 0 spiro atoms. The number of hydrogen-bond acceptors (Lipinski definition) is 3. The first-order valence-electron chi connectivity index (χ1n) is 9.20. The van der Waals surface area contributed by atoms with E-state index >= 15 is 0 Å². The Morgan fingerprint density at radius 2 is 1.55 bits per heavy atom. The number of methoxy groups -OCH3 is 1. The van der Waals surface area contributed by atoms with Gasteiger partial charge in [0.15, 0.2) is 5.11 Å². The van der Waals surface area contributed by atoms with Gasteiger partial charge >= 0.3 is 0 Å². The van der Waals surface area contributed by atoms with E-state index in [0.29, 0.717) is 5.11 Å². The predicted molar refractivity (Wildman–Crippen MR) is 121 cm³/mol. The highest BCUT2D eigenvalue weighted by atomic mass is 32.1. The maximum Gasteiger partial charge on any atom is 0.251 e. The zero-order valence-corrected chi connectivity index (χ0v) is 17.1. The van der Waals surface area contributed by atoms with Crippen LogP contribution in [0.15, 0.2) is 78.9 Å². The molecule has 148 valence electrons. The summed E-state index contributed by atoms with van der Waals surface area (Å²) in [6.45, 7) is 1.95. The SMILES string of the molecule is COc1ccc(NC(=S)NC(C(=O)Nc2ccccc2C)c2ccccc2)cc1. The van der Waals surface area contributed by atoms with Crippen molar-refractivity contribution < 1.29 is 9.53 Å². The zero-order chi connectivity index (χ0) is 20.6. The second kappa shape index (κ2) is 9.71. The molecular weight excluding hydrogens is 382 g/mol. The summed E-state index contributed by atoms with van der Waals surface area (Å²) in [7, 11) is 1.62. The average molecular weight is 406 g/mol. The summed E-state index contributed by atoms with van der Waals surface area (Å²) in [5.74, 6) is 0.568. The van der Waals surface area contributed by atoms with Crippen molar-refractivity contribution in [3.63, 3.8) is 0 Å². The minimum atomic E-state index is -0.644. The van der Waals surface area contributed by atoms with Gasteiger partial charge in [-0.05, 0) is 60.6 Å². The summed E-state index contributed by atoms with van der Waals surface area (Å²) in [4.78, 5) is 13.1. The third-order valence-corrected chi connectivity index (χ3v) is 4.64. The second-order valence-electron chi connectivity index (χ2n) is 6.47. The van der Waals surface area contributed by atoms with Crippen LogP contribution in [0, 0.1) is 6.92 Å². The lowest BCUT2D eigenvalue weighted by atomic mass is 10.1. The number of nitrogens with one attached hydrogen (secondary N) is 3. The van der Waals surface area contributed by atoms with E-state index in [4.69, 9.17) is 17.0 Å². The molecule has 0 aliphatic heterocycles. The Morgan fingerprint density at radius 3 is 2.21 bits per heavy atom. The minimum absolute atomic E-state index is 0.190. The first kappa shape index (κ1) is 20.4. The molecule has 0 fully saturated rings. The van der Waals surface area contributed by atoms with Gasteiger partial charge < -0.3 is 20.7 Å².